The predicted molar refractivity (Wildman–Crippen MR) is 141 cm³/mol. The first-order valence-electron chi connectivity index (χ1n) is 12.3. The van der Waals surface area contributed by atoms with Crippen molar-refractivity contribution in [3.8, 4) is 11.8 Å². The van der Waals surface area contributed by atoms with Crippen LogP contribution in [0.5, 0.6) is 5.75 Å². The Labute approximate surface area is 233 Å². The number of carbonyl (C=O) groups is 2. The van der Waals surface area contributed by atoms with Crippen molar-refractivity contribution in [2.24, 2.45) is 0 Å². The van der Waals surface area contributed by atoms with Gasteiger partial charge < -0.3 is 14.4 Å². The number of alkyl halides is 3. The van der Waals surface area contributed by atoms with Gasteiger partial charge in [-0.05, 0) is 69.2 Å². The molecule has 4 rings (SSSR count). The Kier molecular flexibility index (Phi) is 8.05. The molecule has 2 aromatic rings. The molecule has 0 spiro atoms. The Bertz CT molecular complexity index is 1380. The molecule has 2 fully saturated rings. The smallest absolute Gasteiger partial charge is 0.417 e. The number of nitrogens with zero attached hydrogens (tertiary/aromatic N) is 4. The van der Waals surface area contributed by atoms with Gasteiger partial charge in [-0.1, -0.05) is 0 Å². The van der Waals surface area contributed by atoms with Crippen LogP contribution in [0.15, 0.2) is 36.4 Å². The van der Waals surface area contributed by atoms with Gasteiger partial charge in [0.15, 0.2) is 16.7 Å². The summed E-state index contributed by atoms with van der Waals surface area (Å²) in [6.07, 6.45) is -3.93. The van der Waals surface area contributed by atoms with E-state index in [4.69, 9.17) is 22.2 Å². The summed E-state index contributed by atoms with van der Waals surface area (Å²) in [5, 5.41) is 8.95. The third-order valence-electron chi connectivity index (χ3n) is 6.94. The normalized spacial score (nSPS) is 18.1. The lowest BCUT2D eigenvalue weighted by Crippen LogP contribution is -2.44. The molecule has 0 atom stereocenters. The molecule has 2 aliphatic heterocycles. The number of carbonyl (C=O) groups excluding carboxylic acids is 2. The maximum atomic E-state index is 15.2. The molecule has 13 heteroatoms. The number of amides is 1. The van der Waals surface area contributed by atoms with Crippen LogP contribution in [0.3, 0.4) is 0 Å². The van der Waals surface area contributed by atoms with Gasteiger partial charge in [0.2, 0.25) is 0 Å². The number of thiocarbonyl (C=S) groups is 1. The number of ether oxygens (including phenoxy) is 2. The molecule has 2 aliphatic rings. The summed E-state index contributed by atoms with van der Waals surface area (Å²) < 4.78 is 66.4. The molecule has 1 amide bonds. The molecule has 0 aliphatic carbocycles. The number of piperidine rings is 1. The number of methoxy groups -OCH3 is 1. The zero-order valence-electron chi connectivity index (χ0n) is 21.9. The van der Waals surface area contributed by atoms with Crippen LogP contribution in [0.4, 0.5) is 28.9 Å². The fourth-order valence-electron chi connectivity index (χ4n) is 4.80. The van der Waals surface area contributed by atoms with Crippen molar-refractivity contribution in [1.29, 1.82) is 5.26 Å². The van der Waals surface area contributed by atoms with Crippen molar-refractivity contribution < 1.29 is 36.6 Å². The van der Waals surface area contributed by atoms with Crippen LogP contribution in [0.25, 0.3) is 0 Å². The minimum atomic E-state index is -4.82. The van der Waals surface area contributed by atoms with Crippen LogP contribution in [-0.2, 0) is 20.5 Å². The van der Waals surface area contributed by atoms with E-state index in [1.165, 1.54) is 50.1 Å². The van der Waals surface area contributed by atoms with Gasteiger partial charge in [-0.2, -0.15) is 18.4 Å². The highest BCUT2D eigenvalue weighted by Gasteiger charge is 2.51. The van der Waals surface area contributed by atoms with E-state index in [-0.39, 0.29) is 40.9 Å². The number of likely N-dealkylation sites (tertiary alicyclic amines) is 1. The second kappa shape index (κ2) is 11.0. The number of esters is 1. The van der Waals surface area contributed by atoms with E-state index < -0.39 is 34.6 Å². The average molecular weight is 579 g/mol. The van der Waals surface area contributed by atoms with Gasteiger partial charge in [-0.3, -0.25) is 19.4 Å². The van der Waals surface area contributed by atoms with E-state index in [9.17, 15) is 22.8 Å². The summed E-state index contributed by atoms with van der Waals surface area (Å²) in [6, 6.07) is 8.50. The topological polar surface area (TPSA) is 86.1 Å². The highest BCUT2D eigenvalue weighted by atomic mass is 32.1. The largest absolute Gasteiger partial charge is 0.487 e. The predicted octanol–water partition coefficient (Wildman–Crippen LogP) is 4.65. The van der Waals surface area contributed by atoms with Gasteiger partial charge in [-0.25, -0.2) is 4.39 Å². The summed E-state index contributed by atoms with van der Waals surface area (Å²) >= 11 is 5.50. The minimum absolute atomic E-state index is 0.00295. The minimum Gasteiger partial charge on any atom is -0.487 e. The molecule has 2 saturated heterocycles. The van der Waals surface area contributed by atoms with E-state index in [1.807, 2.05) is 4.90 Å². The number of hydrogen-bond donors (Lipinski definition) is 0. The van der Waals surface area contributed by atoms with E-state index in [0.717, 1.165) is 17.0 Å². The zero-order valence-corrected chi connectivity index (χ0v) is 22.7. The van der Waals surface area contributed by atoms with E-state index in [0.29, 0.717) is 32.0 Å². The van der Waals surface area contributed by atoms with Crippen molar-refractivity contribution in [2.45, 2.75) is 44.5 Å². The molecule has 40 heavy (non-hydrogen) atoms. The van der Waals surface area contributed by atoms with Gasteiger partial charge in [0, 0.05) is 24.8 Å². The molecule has 0 radical (unpaired) electrons. The Morgan fingerprint density at radius 2 is 1.80 bits per heavy atom. The zero-order chi connectivity index (χ0) is 29.4. The van der Waals surface area contributed by atoms with Crippen molar-refractivity contribution in [2.75, 3.05) is 36.5 Å². The van der Waals surface area contributed by atoms with Crippen molar-refractivity contribution in [3.05, 3.63) is 53.3 Å². The number of benzene rings is 2. The summed E-state index contributed by atoms with van der Waals surface area (Å²) in [7, 11) is 1.32. The molecule has 8 nitrogen and oxygen atoms in total. The molecule has 2 heterocycles. The van der Waals surface area contributed by atoms with Crippen LogP contribution in [-0.4, -0.2) is 60.3 Å². The van der Waals surface area contributed by atoms with Gasteiger partial charge in [0.1, 0.15) is 11.6 Å². The third kappa shape index (κ3) is 5.59. The first-order valence-corrected chi connectivity index (χ1v) is 12.7. The monoisotopic (exact) mass is 578 g/mol. The van der Waals surface area contributed by atoms with Crippen LogP contribution >= 0.6 is 12.2 Å². The third-order valence-corrected chi connectivity index (χ3v) is 7.30. The van der Waals surface area contributed by atoms with Gasteiger partial charge in [-0.15, -0.1) is 0 Å². The summed E-state index contributed by atoms with van der Waals surface area (Å²) in [6.45, 7) is 4.40. The standard InChI is InChI=1S/C27H26F4N4O4S/c1-26(2)24(37)34(17-5-4-16(14-32)20(12-17)27(29,30)31)25(40)35(26)18-6-7-22(21(28)13-18)39-19-8-10-33(11-9-19)15-23(36)38-3/h4-7,12-13,19H,8-11,15H2,1-3H3. The molecule has 212 valence electrons. The van der Waals surface area contributed by atoms with E-state index in [2.05, 4.69) is 4.74 Å². The quantitative estimate of drug-likeness (QED) is 0.278. The van der Waals surface area contributed by atoms with Crippen LogP contribution in [0, 0.1) is 17.1 Å². The van der Waals surface area contributed by atoms with Crippen LogP contribution in [0.2, 0.25) is 0 Å². The second-order valence-electron chi connectivity index (χ2n) is 9.94. The number of rotatable bonds is 6. The molecule has 2 aromatic carbocycles. The number of anilines is 2. The highest BCUT2D eigenvalue weighted by molar-refractivity contribution is 7.81. The van der Waals surface area contributed by atoms with Crippen molar-refractivity contribution >= 4 is 40.6 Å². The maximum Gasteiger partial charge on any atom is 0.417 e. The fraction of sp³-hybridized carbons (Fsp3) is 0.407. The summed E-state index contributed by atoms with van der Waals surface area (Å²) in [5.41, 5.74) is -3.08. The number of halogens is 4. The molecule has 0 aromatic heterocycles. The van der Waals surface area contributed by atoms with E-state index in [1.54, 1.807) is 0 Å². The average Bonchev–Trinajstić information content (AvgIpc) is 3.08. The van der Waals surface area contributed by atoms with E-state index >= 15 is 4.39 Å². The number of nitriles is 1. The Hall–Kier alpha value is -3.76. The molecule has 0 unspecified atom stereocenters. The fourth-order valence-corrected chi connectivity index (χ4v) is 5.32. The Morgan fingerprint density at radius 1 is 1.15 bits per heavy atom. The maximum absolute atomic E-state index is 15.2. The summed E-state index contributed by atoms with van der Waals surface area (Å²) in [4.78, 5) is 29.1. The van der Waals surface area contributed by atoms with Gasteiger partial charge in [0.25, 0.3) is 5.91 Å². The first-order chi connectivity index (χ1) is 18.8. The summed E-state index contributed by atoms with van der Waals surface area (Å²) in [5.74, 6) is -1.64. The molecular weight excluding hydrogens is 552 g/mol. The van der Waals surface area contributed by atoms with Crippen LogP contribution in [0.1, 0.15) is 37.8 Å². The lowest BCUT2D eigenvalue weighted by molar-refractivity contribution is -0.142. The number of hydrogen-bond acceptors (Lipinski definition) is 7. The second-order valence-corrected chi connectivity index (χ2v) is 10.3. The van der Waals surface area contributed by atoms with Crippen LogP contribution < -0.4 is 14.5 Å². The first kappa shape index (κ1) is 29.2. The molecule has 0 N–H and O–H groups in total. The Balaban J connectivity index is 1.54. The Morgan fingerprint density at radius 3 is 2.38 bits per heavy atom. The van der Waals surface area contributed by atoms with Crippen molar-refractivity contribution in [3.63, 3.8) is 0 Å². The molecule has 0 saturated carbocycles. The molecular formula is C27H26F4N4O4S. The SMILES string of the molecule is COC(=O)CN1CCC(Oc2ccc(N3C(=S)N(c4ccc(C#N)c(C(F)(F)F)c4)C(=O)C3(C)C)cc2F)CC1. The van der Waals surface area contributed by atoms with Gasteiger partial charge in [0.05, 0.1) is 36.5 Å². The van der Waals surface area contributed by atoms with Gasteiger partial charge >= 0.3 is 12.1 Å². The lowest BCUT2D eigenvalue weighted by atomic mass is 10.0. The van der Waals surface area contributed by atoms with Crippen molar-refractivity contribution in [1.82, 2.24) is 4.90 Å². The highest BCUT2D eigenvalue weighted by Crippen LogP contribution is 2.40. The lowest BCUT2D eigenvalue weighted by Gasteiger charge is -2.32. The molecule has 0 bridgehead atoms.